The van der Waals surface area contributed by atoms with Crippen molar-refractivity contribution in [3.8, 4) is 22.8 Å². The fraction of sp³-hybridized carbons (Fsp3) is 0.273. The van der Waals surface area contributed by atoms with E-state index in [2.05, 4.69) is 38.3 Å². The number of phenols is 1. The fourth-order valence-corrected chi connectivity index (χ4v) is 3.66. The smallest absolute Gasteiger partial charge is 0.323 e. The van der Waals surface area contributed by atoms with E-state index in [0.717, 1.165) is 11.8 Å². The number of nitrogens with one attached hydrogen (secondary N) is 2. The van der Waals surface area contributed by atoms with Crippen LogP contribution < -0.4 is 15.4 Å². The van der Waals surface area contributed by atoms with Gasteiger partial charge in [0.25, 0.3) is 0 Å². The number of hydrogen-bond acceptors (Lipinski definition) is 5. The van der Waals surface area contributed by atoms with Crippen LogP contribution in [0.5, 0.6) is 11.5 Å². The Labute approximate surface area is 199 Å². The normalized spacial score (nSPS) is 10.9. The number of amides is 2. The second-order valence-corrected chi connectivity index (χ2v) is 8.15. The molecule has 0 fully saturated rings. The quantitative estimate of drug-likeness (QED) is 0.283. The molecule has 1 heterocycles. The summed E-state index contributed by atoms with van der Waals surface area (Å²) in [5.41, 5.74) is 2.42. The molecule has 170 valence electrons. The summed E-state index contributed by atoms with van der Waals surface area (Å²) in [7, 11) is 5.51. The summed E-state index contributed by atoms with van der Waals surface area (Å²) < 4.78 is 22.4. The van der Waals surface area contributed by atoms with Gasteiger partial charge in [0, 0.05) is 46.6 Å². The van der Waals surface area contributed by atoms with Crippen LogP contribution in [-0.4, -0.2) is 53.1 Å². The molecular formula is C22H25FIN5O3. The maximum Gasteiger partial charge on any atom is 0.323 e. The van der Waals surface area contributed by atoms with Crippen LogP contribution in [0, 0.1) is 5.82 Å². The average Bonchev–Trinajstić information content (AvgIpc) is 3.06. The second kappa shape index (κ2) is 10.6. The van der Waals surface area contributed by atoms with Gasteiger partial charge in [0.1, 0.15) is 23.8 Å². The molecule has 0 saturated carbocycles. The average molecular weight is 553 g/mol. The first kappa shape index (κ1) is 23.8. The van der Waals surface area contributed by atoms with E-state index in [9.17, 15) is 14.3 Å². The number of hydrogen-bond donors (Lipinski definition) is 3. The molecule has 8 nitrogen and oxygen atoms in total. The van der Waals surface area contributed by atoms with Gasteiger partial charge in [0.2, 0.25) is 0 Å². The molecule has 2 aromatic carbocycles. The monoisotopic (exact) mass is 553 g/mol. The molecule has 3 N–H and O–H groups in total. The van der Waals surface area contributed by atoms with Crippen molar-refractivity contribution < 1.29 is 19.0 Å². The lowest BCUT2D eigenvalue weighted by atomic mass is 10.1. The van der Waals surface area contributed by atoms with Crippen molar-refractivity contribution in [2.24, 2.45) is 7.05 Å². The Morgan fingerprint density at radius 3 is 2.50 bits per heavy atom. The van der Waals surface area contributed by atoms with Crippen LogP contribution in [0.4, 0.5) is 20.6 Å². The first-order valence-corrected chi connectivity index (χ1v) is 11.4. The van der Waals surface area contributed by atoms with Crippen LogP contribution >= 0.6 is 22.6 Å². The Morgan fingerprint density at radius 1 is 1.22 bits per heavy atom. The summed E-state index contributed by atoms with van der Waals surface area (Å²) in [6.07, 6.45) is 1.14. The molecule has 3 aromatic rings. The molecule has 0 aliphatic heterocycles. The second-order valence-electron chi connectivity index (χ2n) is 7.38. The lowest BCUT2D eigenvalue weighted by Crippen LogP contribution is -2.20. The summed E-state index contributed by atoms with van der Waals surface area (Å²) in [6, 6.07) is 9.47. The number of rotatable bonds is 8. The van der Waals surface area contributed by atoms with Gasteiger partial charge in [-0.05, 0) is 38.4 Å². The first-order chi connectivity index (χ1) is 15.3. The van der Waals surface area contributed by atoms with Gasteiger partial charge in [-0.2, -0.15) is 5.10 Å². The third kappa shape index (κ3) is 5.88. The van der Waals surface area contributed by atoms with Crippen LogP contribution in [0.1, 0.15) is 5.56 Å². The van der Waals surface area contributed by atoms with E-state index in [4.69, 9.17) is 4.74 Å². The summed E-state index contributed by atoms with van der Waals surface area (Å²) in [6.45, 7) is 1.11. The van der Waals surface area contributed by atoms with Gasteiger partial charge >= 0.3 is 6.03 Å². The molecule has 0 unspecified atom stereocenters. The number of aryl methyl sites for hydroxylation is 1. The Kier molecular flexibility index (Phi) is 7.91. The Morgan fingerprint density at radius 2 is 1.91 bits per heavy atom. The van der Waals surface area contributed by atoms with Gasteiger partial charge in [0.05, 0.1) is 6.20 Å². The van der Waals surface area contributed by atoms with Crippen molar-refractivity contribution >= 4 is 40.0 Å². The van der Waals surface area contributed by atoms with E-state index in [-0.39, 0.29) is 11.4 Å². The third-order valence-electron chi connectivity index (χ3n) is 4.67. The number of aromatic nitrogens is 2. The van der Waals surface area contributed by atoms with E-state index in [0.29, 0.717) is 40.3 Å². The molecular weight excluding hydrogens is 528 g/mol. The summed E-state index contributed by atoms with van der Waals surface area (Å²) in [5, 5.41) is 19.4. The minimum absolute atomic E-state index is 0.116. The fourth-order valence-electron chi connectivity index (χ4n) is 3.02. The zero-order valence-corrected chi connectivity index (χ0v) is 20.2. The number of aromatic hydroxyl groups is 1. The highest BCUT2D eigenvalue weighted by Gasteiger charge is 2.17. The molecule has 10 heteroatoms. The maximum absolute atomic E-state index is 14.4. The van der Waals surface area contributed by atoms with Crippen molar-refractivity contribution in [3.05, 3.63) is 54.0 Å². The molecule has 0 atom stereocenters. The largest absolute Gasteiger partial charge is 0.508 e. The van der Waals surface area contributed by atoms with Crippen LogP contribution in [0.3, 0.4) is 0 Å². The summed E-state index contributed by atoms with van der Waals surface area (Å²) >= 11 is 2.15. The predicted molar refractivity (Wildman–Crippen MR) is 131 cm³/mol. The number of halogens is 2. The van der Waals surface area contributed by atoms with Gasteiger partial charge in [0.15, 0.2) is 5.82 Å². The highest BCUT2D eigenvalue weighted by molar-refractivity contribution is 14.1. The Bertz CT molecular complexity index is 1080. The molecule has 0 spiro atoms. The van der Waals surface area contributed by atoms with E-state index in [1.807, 2.05) is 19.0 Å². The maximum atomic E-state index is 14.4. The minimum Gasteiger partial charge on any atom is -0.508 e. The molecule has 0 saturated heterocycles. The zero-order valence-electron chi connectivity index (χ0n) is 18.0. The Hall–Kier alpha value is -2.86. The third-order valence-corrected chi connectivity index (χ3v) is 5.49. The molecule has 3 rings (SSSR count). The lowest BCUT2D eigenvalue weighted by Gasteiger charge is -2.16. The van der Waals surface area contributed by atoms with Gasteiger partial charge in [-0.15, -0.1) is 0 Å². The van der Waals surface area contributed by atoms with Crippen LogP contribution in [0.25, 0.3) is 11.3 Å². The van der Waals surface area contributed by atoms with E-state index in [1.54, 1.807) is 37.4 Å². The van der Waals surface area contributed by atoms with E-state index < -0.39 is 11.8 Å². The highest BCUT2D eigenvalue weighted by atomic mass is 127. The number of benzene rings is 2. The number of nitrogens with zero attached hydrogens (tertiary/aromatic N) is 3. The van der Waals surface area contributed by atoms with Crippen LogP contribution in [0.2, 0.25) is 0 Å². The topological polar surface area (TPSA) is 91.7 Å². The number of anilines is 2. The highest BCUT2D eigenvalue weighted by Crippen LogP contribution is 2.34. The molecule has 0 aliphatic rings. The van der Waals surface area contributed by atoms with Gasteiger partial charge in [-0.1, -0.05) is 28.7 Å². The molecule has 0 radical (unpaired) electrons. The Balaban J connectivity index is 1.81. The van der Waals surface area contributed by atoms with E-state index >= 15 is 0 Å². The van der Waals surface area contributed by atoms with Crippen molar-refractivity contribution in [2.75, 3.05) is 37.9 Å². The molecule has 1 aromatic heterocycles. The van der Waals surface area contributed by atoms with Crippen molar-refractivity contribution in [3.63, 3.8) is 0 Å². The number of urea groups is 1. The van der Waals surface area contributed by atoms with Crippen LogP contribution in [0.15, 0.2) is 42.6 Å². The number of likely N-dealkylation sites (N-methyl/N-ethyl adjacent to an activating group) is 1. The molecule has 0 bridgehead atoms. The summed E-state index contributed by atoms with van der Waals surface area (Å²) in [5.74, 6) is 0.113. The molecule has 2 amide bonds. The SMILES string of the molecule is CN(C)CCOc1ccc(NC(=O)Nc2ccc(CI)c(O)c2)cc1-c1c(F)cnn1C. The standard InChI is InChI=1S/C22H25FIN5O3/c1-28(2)8-9-32-20-7-6-15(10-17(20)21-18(23)13-25-29(21)3)26-22(31)27-16-5-4-14(12-24)19(30)11-16/h4-7,10-11,13,30H,8-9,12H2,1-3H3,(H2,26,27,31). The number of alkyl halides is 1. The number of carbonyl (C=O) groups excluding carboxylic acids is 1. The molecule has 32 heavy (non-hydrogen) atoms. The molecule has 0 aliphatic carbocycles. The lowest BCUT2D eigenvalue weighted by molar-refractivity contribution is 0.261. The van der Waals surface area contributed by atoms with Gasteiger partial charge < -0.3 is 25.4 Å². The summed E-state index contributed by atoms with van der Waals surface area (Å²) in [4.78, 5) is 14.5. The number of ether oxygens (including phenoxy) is 1. The van der Waals surface area contributed by atoms with Crippen molar-refractivity contribution in [2.45, 2.75) is 4.43 Å². The number of carbonyl (C=O) groups is 1. The van der Waals surface area contributed by atoms with E-state index in [1.165, 1.54) is 10.7 Å². The minimum atomic E-state index is -0.496. The predicted octanol–water partition coefficient (Wildman–Crippen LogP) is 4.45. The zero-order chi connectivity index (χ0) is 23.3. The number of phenolic OH excluding ortho intramolecular Hbond substituents is 1. The van der Waals surface area contributed by atoms with Crippen molar-refractivity contribution in [1.29, 1.82) is 0 Å². The first-order valence-electron chi connectivity index (χ1n) is 9.83. The van der Waals surface area contributed by atoms with Crippen LogP contribution in [-0.2, 0) is 11.5 Å². The van der Waals surface area contributed by atoms with Gasteiger partial charge in [-0.3, -0.25) is 4.68 Å². The van der Waals surface area contributed by atoms with Gasteiger partial charge in [-0.25, -0.2) is 9.18 Å². The van der Waals surface area contributed by atoms with Crippen molar-refractivity contribution in [1.82, 2.24) is 14.7 Å².